The number of thiophene rings is 1. The van der Waals surface area contributed by atoms with Crippen LogP contribution in [0.1, 0.15) is 52.0 Å². The largest absolute Gasteiger partial charge is 0.484 e. The molecule has 1 aliphatic rings. The minimum absolute atomic E-state index is 0.263. The number of nitrogens with one attached hydrogen (secondary N) is 1. The maximum absolute atomic E-state index is 12.3. The first-order valence-corrected chi connectivity index (χ1v) is 9.48. The van der Waals surface area contributed by atoms with Gasteiger partial charge in [-0.3, -0.25) is 9.59 Å². The van der Waals surface area contributed by atoms with Crippen molar-refractivity contribution < 1.29 is 23.9 Å². The lowest BCUT2D eigenvalue weighted by molar-refractivity contribution is -0.118. The minimum atomic E-state index is -0.574. The Morgan fingerprint density at radius 3 is 2.74 bits per heavy atom. The van der Waals surface area contributed by atoms with Crippen LogP contribution in [0.15, 0.2) is 29.6 Å². The molecular formula is C19H20N2O5S. The first-order chi connectivity index (χ1) is 13.0. The van der Waals surface area contributed by atoms with Crippen molar-refractivity contribution in [1.29, 1.82) is 0 Å². The standard InChI is InChI=1S/C19H20N2O5S/c1-2-25-19(24)16-14(11-6-7-11)10-27-18(16)21-15(22)9-26-13-5-3-4-12(8-13)17(20)23/h3-5,8,10-11H,2,6-7,9H2,1H3,(H2,20,23)(H,21,22). The maximum atomic E-state index is 12.3. The van der Waals surface area contributed by atoms with Gasteiger partial charge in [-0.2, -0.15) is 0 Å². The fraction of sp³-hybridized carbons (Fsp3) is 0.316. The molecule has 1 saturated carbocycles. The Kier molecular flexibility index (Phi) is 5.75. The third kappa shape index (κ3) is 4.65. The highest BCUT2D eigenvalue weighted by Crippen LogP contribution is 2.46. The van der Waals surface area contributed by atoms with E-state index in [0.717, 1.165) is 18.4 Å². The van der Waals surface area contributed by atoms with E-state index >= 15 is 0 Å². The van der Waals surface area contributed by atoms with Crippen molar-refractivity contribution >= 4 is 34.1 Å². The molecule has 1 aromatic carbocycles. The van der Waals surface area contributed by atoms with Gasteiger partial charge in [-0.1, -0.05) is 6.07 Å². The molecule has 3 N–H and O–H groups in total. The molecule has 0 bridgehead atoms. The zero-order valence-corrected chi connectivity index (χ0v) is 15.6. The zero-order chi connectivity index (χ0) is 19.4. The molecule has 3 rings (SSSR count). The van der Waals surface area contributed by atoms with Crippen molar-refractivity contribution in [2.24, 2.45) is 5.73 Å². The number of carbonyl (C=O) groups excluding carboxylic acids is 3. The molecule has 0 atom stereocenters. The summed E-state index contributed by atoms with van der Waals surface area (Å²) >= 11 is 1.31. The molecule has 1 aromatic heterocycles. The van der Waals surface area contributed by atoms with E-state index in [1.54, 1.807) is 25.1 Å². The summed E-state index contributed by atoms with van der Waals surface area (Å²) in [5, 5.41) is 5.09. The van der Waals surface area contributed by atoms with Crippen molar-refractivity contribution in [3.05, 3.63) is 46.3 Å². The number of rotatable bonds is 8. The van der Waals surface area contributed by atoms with Crippen LogP contribution in [0.2, 0.25) is 0 Å². The molecule has 2 aromatic rings. The molecule has 0 unspecified atom stereocenters. The van der Waals surface area contributed by atoms with Crippen molar-refractivity contribution in [1.82, 2.24) is 0 Å². The molecule has 0 aliphatic heterocycles. The number of benzene rings is 1. The van der Waals surface area contributed by atoms with E-state index in [9.17, 15) is 14.4 Å². The molecule has 0 spiro atoms. The van der Waals surface area contributed by atoms with Crippen LogP contribution in [0, 0.1) is 0 Å². The Morgan fingerprint density at radius 1 is 1.30 bits per heavy atom. The molecule has 0 radical (unpaired) electrons. The van der Waals surface area contributed by atoms with Gasteiger partial charge in [0.2, 0.25) is 5.91 Å². The quantitative estimate of drug-likeness (QED) is 0.676. The minimum Gasteiger partial charge on any atom is -0.484 e. The van der Waals surface area contributed by atoms with Crippen LogP contribution in [0.3, 0.4) is 0 Å². The van der Waals surface area contributed by atoms with Gasteiger partial charge in [-0.05, 0) is 54.8 Å². The van der Waals surface area contributed by atoms with Crippen molar-refractivity contribution in [3.8, 4) is 5.75 Å². The van der Waals surface area contributed by atoms with Gasteiger partial charge >= 0.3 is 5.97 Å². The molecule has 1 aliphatic carbocycles. The second-order valence-electron chi connectivity index (χ2n) is 6.12. The molecule has 142 valence electrons. The first-order valence-electron chi connectivity index (χ1n) is 8.60. The molecule has 1 heterocycles. The van der Waals surface area contributed by atoms with Gasteiger partial charge in [-0.15, -0.1) is 11.3 Å². The average Bonchev–Trinajstić information content (AvgIpc) is 3.41. The number of hydrogen-bond acceptors (Lipinski definition) is 6. The van der Waals surface area contributed by atoms with Crippen molar-refractivity contribution in [3.63, 3.8) is 0 Å². The lowest BCUT2D eigenvalue weighted by Gasteiger charge is -2.09. The molecule has 0 saturated heterocycles. The molecule has 27 heavy (non-hydrogen) atoms. The van der Waals surface area contributed by atoms with E-state index in [2.05, 4.69) is 5.32 Å². The number of amides is 2. The molecule has 1 fully saturated rings. The van der Waals surface area contributed by atoms with Crippen LogP contribution in [0.25, 0.3) is 0 Å². The van der Waals surface area contributed by atoms with Crippen LogP contribution in [0.5, 0.6) is 5.75 Å². The summed E-state index contributed by atoms with van der Waals surface area (Å²) in [7, 11) is 0. The number of esters is 1. The highest BCUT2D eigenvalue weighted by molar-refractivity contribution is 7.15. The molecular weight excluding hydrogens is 368 g/mol. The average molecular weight is 388 g/mol. The fourth-order valence-corrected chi connectivity index (χ4v) is 3.67. The van der Waals surface area contributed by atoms with Gasteiger partial charge in [-0.25, -0.2) is 4.79 Å². The van der Waals surface area contributed by atoms with Crippen LogP contribution in [0.4, 0.5) is 5.00 Å². The summed E-state index contributed by atoms with van der Waals surface area (Å²) in [6.45, 7) is 1.75. The molecule has 7 nitrogen and oxygen atoms in total. The van der Waals surface area contributed by atoms with Crippen LogP contribution < -0.4 is 15.8 Å². The highest BCUT2D eigenvalue weighted by atomic mass is 32.1. The van der Waals surface area contributed by atoms with Crippen molar-refractivity contribution in [2.75, 3.05) is 18.5 Å². The third-order valence-corrected chi connectivity index (χ3v) is 4.97. The molecule has 2 amide bonds. The molecule has 8 heteroatoms. The summed E-state index contributed by atoms with van der Waals surface area (Å²) < 4.78 is 10.5. The van der Waals surface area contributed by atoms with Crippen molar-refractivity contribution in [2.45, 2.75) is 25.7 Å². The third-order valence-electron chi connectivity index (χ3n) is 4.06. The summed E-state index contributed by atoms with van der Waals surface area (Å²) in [4.78, 5) is 35.8. The smallest absolute Gasteiger partial charge is 0.341 e. The van der Waals surface area contributed by atoms with E-state index in [-0.39, 0.29) is 13.2 Å². The summed E-state index contributed by atoms with van der Waals surface area (Å²) in [6.07, 6.45) is 2.08. The first kappa shape index (κ1) is 18.9. The van der Waals surface area contributed by atoms with E-state index < -0.39 is 17.8 Å². The van der Waals surface area contributed by atoms with Gasteiger partial charge in [0.1, 0.15) is 10.8 Å². The van der Waals surface area contributed by atoms with Gasteiger partial charge < -0.3 is 20.5 Å². The predicted molar refractivity (Wildman–Crippen MR) is 101 cm³/mol. The number of hydrogen-bond donors (Lipinski definition) is 2. The Morgan fingerprint density at radius 2 is 2.07 bits per heavy atom. The van der Waals surface area contributed by atoms with Gasteiger partial charge in [0, 0.05) is 5.56 Å². The summed E-state index contributed by atoms with van der Waals surface area (Å²) in [5.41, 5.74) is 6.89. The number of nitrogens with two attached hydrogens (primary N) is 1. The lowest BCUT2D eigenvalue weighted by atomic mass is 10.1. The Bertz CT molecular complexity index is 873. The zero-order valence-electron chi connectivity index (χ0n) is 14.8. The van der Waals surface area contributed by atoms with E-state index in [4.69, 9.17) is 15.2 Å². The fourth-order valence-electron chi connectivity index (χ4n) is 2.62. The SMILES string of the molecule is CCOC(=O)c1c(C2CC2)csc1NC(=O)COc1cccc(C(N)=O)c1. The number of carbonyl (C=O) groups is 3. The maximum Gasteiger partial charge on any atom is 0.341 e. The summed E-state index contributed by atoms with van der Waals surface area (Å²) in [5.74, 6) is -0.688. The van der Waals surface area contributed by atoms with E-state index in [1.165, 1.54) is 17.4 Å². The Balaban J connectivity index is 1.66. The van der Waals surface area contributed by atoms with Crippen LogP contribution in [-0.2, 0) is 9.53 Å². The number of primary amides is 1. The Hall–Kier alpha value is -2.87. The highest BCUT2D eigenvalue weighted by Gasteiger charge is 2.32. The topological polar surface area (TPSA) is 108 Å². The Labute approximate surface area is 160 Å². The van der Waals surface area contributed by atoms with Gasteiger partial charge in [0.25, 0.3) is 5.91 Å². The second-order valence-corrected chi connectivity index (χ2v) is 7.00. The van der Waals surface area contributed by atoms with Gasteiger partial charge in [0.05, 0.1) is 12.2 Å². The van der Waals surface area contributed by atoms with Gasteiger partial charge in [0.15, 0.2) is 6.61 Å². The lowest BCUT2D eigenvalue weighted by Crippen LogP contribution is -2.21. The number of anilines is 1. The summed E-state index contributed by atoms with van der Waals surface area (Å²) in [6, 6.07) is 6.27. The monoisotopic (exact) mass is 388 g/mol. The predicted octanol–water partition coefficient (Wildman–Crippen LogP) is 2.92. The number of ether oxygens (including phenoxy) is 2. The second kappa shape index (κ2) is 8.22. The van der Waals surface area contributed by atoms with Crippen LogP contribution in [-0.4, -0.2) is 31.0 Å². The van der Waals surface area contributed by atoms with Crippen LogP contribution >= 0.6 is 11.3 Å². The normalized spacial score (nSPS) is 13.1. The van der Waals surface area contributed by atoms with E-state index in [0.29, 0.717) is 27.8 Å². The van der Waals surface area contributed by atoms with E-state index in [1.807, 2.05) is 5.38 Å².